The van der Waals surface area contributed by atoms with Crippen molar-refractivity contribution in [3.8, 4) is 16.2 Å². The molecule has 1 aliphatic rings. The predicted molar refractivity (Wildman–Crippen MR) is 196 cm³/mol. The molecule has 2 aromatic carbocycles. The number of sulfonamides is 1. The summed E-state index contributed by atoms with van der Waals surface area (Å²) in [5.41, 5.74) is 0.659. The van der Waals surface area contributed by atoms with Crippen LogP contribution in [0.15, 0.2) is 42.5 Å². The Hall–Kier alpha value is -2.66. The molecule has 0 unspecified atom stereocenters. The third-order valence-electron chi connectivity index (χ3n) is 7.44. The molecule has 1 saturated heterocycles. The summed E-state index contributed by atoms with van der Waals surface area (Å²) in [5, 5.41) is 3.34. The molecule has 1 aromatic heterocycles. The zero-order chi connectivity index (χ0) is 35.4. The van der Waals surface area contributed by atoms with E-state index in [0.29, 0.717) is 28.8 Å². The second-order valence-corrected chi connectivity index (χ2v) is 16.8. The summed E-state index contributed by atoms with van der Waals surface area (Å²) in [4.78, 5) is 25.6. The molecule has 2 N–H and O–H groups in total. The Labute approximate surface area is 304 Å². The van der Waals surface area contributed by atoms with Crippen molar-refractivity contribution in [3.63, 3.8) is 0 Å². The zero-order valence-corrected chi connectivity index (χ0v) is 32.2. The van der Waals surface area contributed by atoms with Crippen LogP contribution in [0, 0.1) is 5.82 Å². The highest BCUT2D eigenvalue weighted by molar-refractivity contribution is 14.1. The van der Waals surface area contributed by atoms with Crippen molar-refractivity contribution < 1.29 is 36.6 Å². The largest absolute Gasteiger partial charge is 0.479 e. The minimum atomic E-state index is -3.65. The Morgan fingerprint density at radius 1 is 1.19 bits per heavy atom. The second-order valence-electron chi connectivity index (χ2n) is 13.0. The number of hydrogen-bond acceptors (Lipinski definition) is 10. The SMILES string of the molecule is CCOC(=O)COc1c(C(=O)OC(C)(C)C)sc(-c2ccc(F)c(N[C@@H]3CCN(S(=O)(=O)Cc4cccc(NI)c4)C(C)(C)C3)c2)c1Cl. The van der Waals surface area contributed by atoms with Crippen LogP contribution in [0.25, 0.3) is 10.4 Å². The van der Waals surface area contributed by atoms with E-state index < -0.39 is 45.5 Å². The molecular weight excluding hydrogens is 796 g/mol. The quantitative estimate of drug-likeness (QED) is 0.106. The molecule has 48 heavy (non-hydrogen) atoms. The van der Waals surface area contributed by atoms with Gasteiger partial charge in [0.1, 0.15) is 16.4 Å². The van der Waals surface area contributed by atoms with Crippen LogP contribution in [0.2, 0.25) is 5.02 Å². The van der Waals surface area contributed by atoms with E-state index in [4.69, 9.17) is 25.8 Å². The number of thiophene rings is 1. The number of esters is 2. The molecule has 4 rings (SSSR count). The van der Waals surface area contributed by atoms with Crippen molar-refractivity contribution in [2.45, 2.75) is 77.3 Å². The molecular formula is C33H40ClFIN3O7S2. The first-order valence-corrected chi connectivity index (χ1v) is 19.2. The Morgan fingerprint density at radius 3 is 2.56 bits per heavy atom. The number of carbonyl (C=O) groups excluding carboxylic acids is 2. The highest BCUT2D eigenvalue weighted by Crippen LogP contribution is 2.47. The monoisotopic (exact) mass is 835 g/mol. The molecule has 0 amide bonds. The van der Waals surface area contributed by atoms with E-state index in [9.17, 15) is 18.0 Å². The van der Waals surface area contributed by atoms with E-state index in [0.717, 1.165) is 17.0 Å². The number of ether oxygens (including phenoxy) is 3. The molecule has 262 valence electrons. The average Bonchev–Trinajstić information content (AvgIpc) is 3.31. The van der Waals surface area contributed by atoms with Gasteiger partial charge in [0, 0.05) is 23.8 Å². The lowest BCUT2D eigenvalue weighted by molar-refractivity contribution is -0.145. The predicted octanol–water partition coefficient (Wildman–Crippen LogP) is 8.05. The van der Waals surface area contributed by atoms with Crippen molar-refractivity contribution in [1.82, 2.24) is 4.31 Å². The number of rotatable bonds is 12. The molecule has 1 atom stereocenters. The zero-order valence-electron chi connectivity index (χ0n) is 27.6. The number of nitrogens with zero attached hydrogens (tertiary/aromatic N) is 1. The van der Waals surface area contributed by atoms with Gasteiger partial charge in [0.15, 0.2) is 17.2 Å². The maximum atomic E-state index is 15.2. The van der Waals surface area contributed by atoms with E-state index in [2.05, 4.69) is 8.85 Å². The van der Waals surface area contributed by atoms with Crippen LogP contribution in [0.4, 0.5) is 15.8 Å². The highest BCUT2D eigenvalue weighted by Gasteiger charge is 2.41. The summed E-state index contributed by atoms with van der Waals surface area (Å²) in [6.07, 6.45) is 0.885. The lowest BCUT2D eigenvalue weighted by atomic mass is 9.89. The fraction of sp³-hybridized carbons (Fsp3) is 0.455. The van der Waals surface area contributed by atoms with E-state index in [-0.39, 0.29) is 46.3 Å². The first kappa shape index (κ1) is 38.1. The second kappa shape index (κ2) is 15.5. The third kappa shape index (κ3) is 9.52. The minimum Gasteiger partial charge on any atom is -0.479 e. The van der Waals surface area contributed by atoms with Crippen LogP contribution in [-0.4, -0.2) is 61.6 Å². The van der Waals surface area contributed by atoms with Crippen LogP contribution in [0.5, 0.6) is 5.75 Å². The molecule has 0 spiro atoms. The summed E-state index contributed by atoms with van der Waals surface area (Å²) in [6.45, 7) is 10.5. The third-order valence-corrected chi connectivity index (χ3v) is 11.8. The van der Waals surface area contributed by atoms with Gasteiger partial charge in [0.05, 0.1) is 45.8 Å². The molecule has 1 aliphatic heterocycles. The maximum Gasteiger partial charge on any atom is 0.352 e. The van der Waals surface area contributed by atoms with E-state index >= 15 is 4.39 Å². The molecule has 0 aliphatic carbocycles. The van der Waals surface area contributed by atoms with Gasteiger partial charge in [0.25, 0.3) is 0 Å². The Balaban J connectivity index is 1.56. The van der Waals surface area contributed by atoms with Crippen molar-refractivity contribution >= 4 is 79.1 Å². The Bertz CT molecular complexity index is 1760. The first-order valence-electron chi connectivity index (χ1n) is 15.3. The Kier molecular flexibility index (Phi) is 12.3. The number of piperidine rings is 1. The van der Waals surface area contributed by atoms with Gasteiger partial charge in [-0.25, -0.2) is 22.4 Å². The van der Waals surface area contributed by atoms with Gasteiger partial charge in [-0.2, -0.15) is 4.31 Å². The molecule has 0 radical (unpaired) electrons. The summed E-state index contributed by atoms with van der Waals surface area (Å²) < 4.78 is 63.0. The lowest BCUT2D eigenvalue weighted by Gasteiger charge is -2.45. The van der Waals surface area contributed by atoms with Crippen LogP contribution < -0.4 is 13.6 Å². The molecule has 0 saturated carbocycles. The molecule has 0 bridgehead atoms. The van der Waals surface area contributed by atoms with Gasteiger partial charge in [-0.05, 0) is 89.8 Å². The van der Waals surface area contributed by atoms with Gasteiger partial charge in [-0.1, -0.05) is 29.8 Å². The summed E-state index contributed by atoms with van der Waals surface area (Å²) in [6, 6.07) is 11.5. The number of benzene rings is 2. The molecule has 15 heteroatoms. The molecule has 3 aromatic rings. The van der Waals surface area contributed by atoms with Crippen LogP contribution in [0.1, 0.15) is 69.6 Å². The standard InChI is InChI=1S/C33H40ClFIN3O7S2/c1-7-44-26(40)18-45-28-27(34)29(47-30(28)31(41)46-32(2,3)4)21-11-12-24(35)25(16-21)37-23-13-14-39(33(5,6)17-23)48(42,43)19-20-9-8-10-22(15-20)38-36/h8-12,15-16,23,37-38H,7,13-14,17-19H2,1-6H3/t23-/m1/s1. The fourth-order valence-electron chi connectivity index (χ4n) is 5.53. The summed E-state index contributed by atoms with van der Waals surface area (Å²) in [5.74, 6) is -1.97. The van der Waals surface area contributed by atoms with E-state index in [1.165, 1.54) is 16.4 Å². The Morgan fingerprint density at radius 2 is 1.92 bits per heavy atom. The summed E-state index contributed by atoms with van der Waals surface area (Å²) in [7, 11) is -3.65. The van der Waals surface area contributed by atoms with Crippen LogP contribution >= 0.6 is 45.8 Å². The average molecular weight is 836 g/mol. The van der Waals surface area contributed by atoms with E-state index in [1.54, 1.807) is 39.8 Å². The van der Waals surface area contributed by atoms with Crippen LogP contribution in [0.3, 0.4) is 0 Å². The van der Waals surface area contributed by atoms with Gasteiger partial charge in [-0.3, -0.25) is 0 Å². The van der Waals surface area contributed by atoms with Crippen molar-refractivity contribution in [3.05, 3.63) is 63.7 Å². The number of nitrogens with one attached hydrogen (secondary N) is 2. The van der Waals surface area contributed by atoms with Gasteiger partial charge >= 0.3 is 11.9 Å². The van der Waals surface area contributed by atoms with Crippen molar-refractivity contribution in [1.29, 1.82) is 0 Å². The van der Waals surface area contributed by atoms with Gasteiger partial charge in [0.2, 0.25) is 10.0 Å². The van der Waals surface area contributed by atoms with E-state index in [1.807, 2.05) is 54.9 Å². The number of halogens is 3. The first-order chi connectivity index (χ1) is 22.4. The summed E-state index contributed by atoms with van der Waals surface area (Å²) >= 11 is 9.75. The maximum absolute atomic E-state index is 15.2. The fourth-order valence-corrected chi connectivity index (χ4v) is 9.27. The number of carbonyl (C=O) groups is 2. The van der Waals surface area contributed by atoms with Crippen LogP contribution in [-0.2, 0) is 30.0 Å². The number of hydrogen-bond donors (Lipinski definition) is 2. The smallest absolute Gasteiger partial charge is 0.352 e. The number of anilines is 2. The highest BCUT2D eigenvalue weighted by atomic mass is 127. The van der Waals surface area contributed by atoms with Crippen molar-refractivity contribution in [2.24, 2.45) is 0 Å². The van der Waals surface area contributed by atoms with Crippen molar-refractivity contribution in [2.75, 3.05) is 28.6 Å². The molecule has 2 heterocycles. The van der Waals surface area contributed by atoms with Gasteiger partial charge < -0.3 is 23.1 Å². The topological polar surface area (TPSA) is 123 Å². The molecule has 1 fully saturated rings. The lowest BCUT2D eigenvalue weighted by Crippen LogP contribution is -2.55. The molecule has 10 nitrogen and oxygen atoms in total. The van der Waals surface area contributed by atoms with Gasteiger partial charge in [-0.15, -0.1) is 11.3 Å². The normalized spacial score (nSPS) is 16.6. The minimum absolute atomic E-state index is 0.0228.